The Morgan fingerprint density at radius 3 is 2.46 bits per heavy atom. The van der Waals surface area contributed by atoms with E-state index in [0.29, 0.717) is 4.47 Å². The van der Waals surface area contributed by atoms with Crippen LogP contribution in [0.3, 0.4) is 0 Å². The van der Waals surface area contributed by atoms with Gasteiger partial charge >= 0.3 is 6.18 Å². The van der Waals surface area contributed by atoms with Crippen LogP contribution in [0.4, 0.5) is 18.9 Å². The van der Waals surface area contributed by atoms with Gasteiger partial charge in [-0.25, -0.2) is 4.98 Å². The zero-order chi connectivity index (χ0) is 27.8. The molecule has 1 aromatic heterocycles. The van der Waals surface area contributed by atoms with E-state index in [1.807, 2.05) is 0 Å². The van der Waals surface area contributed by atoms with Gasteiger partial charge in [-0.1, -0.05) is 32.4 Å². The van der Waals surface area contributed by atoms with E-state index < -0.39 is 26.1 Å². The molecule has 1 amide bonds. The summed E-state index contributed by atoms with van der Waals surface area (Å²) in [6.45, 7) is 11.3. The Hall–Kier alpha value is -1.82. The number of ether oxygens (including phenoxy) is 1. The van der Waals surface area contributed by atoms with Gasteiger partial charge in [0, 0.05) is 30.3 Å². The molecule has 0 aliphatic carbocycles. The smallest absolute Gasteiger partial charge is 0.418 e. The summed E-state index contributed by atoms with van der Waals surface area (Å²) < 4.78 is 53.8. The highest BCUT2D eigenvalue weighted by Gasteiger charge is 2.41. The van der Waals surface area contributed by atoms with E-state index in [1.54, 1.807) is 21.9 Å². The molecule has 1 aliphatic rings. The lowest BCUT2D eigenvalue weighted by Crippen LogP contribution is -2.58. The summed E-state index contributed by atoms with van der Waals surface area (Å²) in [5, 5.41) is -0.0610. The number of alkyl halides is 3. The van der Waals surface area contributed by atoms with Crippen LogP contribution in [0.2, 0.25) is 23.2 Å². The topological polar surface area (TPSA) is 54.9 Å². The first-order valence-corrected chi connectivity index (χ1v) is 15.9. The molecule has 0 N–H and O–H groups in total. The zero-order valence-electron chi connectivity index (χ0n) is 21.7. The van der Waals surface area contributed by atoms with E-state index in [2.05, 4.69) is 54.8 Å². The maximum Gasteiger partial charge on any atom is 0.418 e. The summed E-state index contributed by atoms with van der Waals surface area (Å²) in [6.07, 6.45) is -4.57. The molecule has 12 heteroatoms. The molecule has 1 atom stereocenters. The minimum Gasteiger partial charge on any atom is -0.480 e. The summed E-state index contributed by atoms with van der Waals surface area (Å²) in [6, 6.07) is 6.54. The van der Waals surface area contributed by atoms with Crippen LogP contribution in [-0.4, -0.2) is 63.5 Å². The molecule has 2 heterocycles. The summed E-state index contributed by atoms with van der Waals surface area (Å²) >= 11 is 9.23. The highest BCUT2D eigenvalue weighted by atomic mass is 79.9. The standard InChI is InChI=1S/C25H32BrClF3N3O3Si/c1-24(2,3)37(5,6)36-15-17-14-32(21-10-7-16(27)13-18(21)25(28,29)30)11-12-33(17)23(34)20-9-8-19(26)22(31-20)35-4/h7-10,13,17H,11-12,14-15H2,1-6H3. The van der Waals surface area contributed by atoms with Crippen LogP contribution in [0.1, 0.15) is 36.8 Å². The first kappa shape index (κ1) is 29.7. The Labute approximate surface area is 230 Å². The quantitative estimate of drug-likeness (QED) is 0.329. The molecular weight excluding hydrogens is 591 g/mol. The Balaban J connectivity index is 1.95. The van der Waals surface area contributed by atoms with Crippen LogP contribution in [0, 0.1) is 0 Å². The second kappa shape index (κ2) is 11.1. The van der Waals surface area contributed by atoms with Crippen LogP contribution >= 0.6 is 27.5 Å². The molecule has 1 saturated heterocycles. The highest BCUT2D eigenvalue weighted by molar-refractivity contribution is 9.10. The predicted octanol–water partition coefficient (Wildman–Crippen LogP) is 6.88. The molecular formula is C25H32BrClF3N3O3Si. The van der Waals surface area contributed by atoms with E-state index in [1.165, 1.54) is 19.2 Å². The number of pyridine rings is 1. The van der Waals surface area contributed by atoms with Crippen LogP contribution in [0.15, 0.2) is 34.8 Å². The third-order valence-corrected chi connectivity index (χ3v) is 12.4. The second-order valence-electron chi connectivity index (χ2n) is 10.5. The number of anilines is 1. The predicted molar refractivity (Wildman–Crippen MR) is 145 cm³/mol. The summed E-state index contributed by atoms with van der Waals surface area (Å²) in [4.78, 5) is 21.2. The van der Waals surface area contributed by atoms with Crippen LogP contribution in [0.25, 0.3) is 0 Å². The van der Waals surface area contributed by atoms with Crippen molar-refractivity contribution in [2.24, 2.45) is 0 Å². The number of halogens is 5. The lowest BCUT2D eigenvalue weighted by Gasteiger charge is -2.45. The molecule has 2 aromatic rings. The van der Waals surface area contributed by atoms with Gasteiger partial charge in [-0.05, 0) is 64.4 Å². The van der Waals surface area contributed by atoms with Crippen molar-refractivity contribution in [3.8, 4) is 5.88 Å². The lowest BCUT2D eigenvalue weighted by molar-refractivity contribution is -0.137. The van der Waals surface area contributed by atoms with Gasteiger partial charge < -0.3 is 19.0 Å². The van der Waals surface area contributed by atoms with E-state index in [9.17, 15) is 18.0 Å². The van der Waals surface area contributed by atoms with Gasteiger partial charge in [0.25, 0.3) is 5.91 Å². The van der Waals surface area contributed by atoms with Crippen molar-refractivity contribution in [2.45, 2.75) is 51.1 Å². The minimum atomic E-state index is -4.57. The first-order chi connectivity index (χ1) is 17.0. The first-order valence-electron chi connectivity index (χ1n) is 11.8. The molecule has 1 unspecified atom stereocenters. The molecule has 0 bridgehead atoms. The normalized spacial score (nSPS) is 17.2. The van der Waals surface area contributed by atoms with Crippen LogP contribution < -0.4 is 9.64 Å². The summed E-state index contributed by atoms with van der Waals surface area (Å²) in [5.41, 5.74) is -0.582. The Kier molecular flexibility index (Phi) is 8.93. The zero-order valence-corrected chi connectivity index (χ0v) is 25.1. The maximum absolute atomic E-state index is 13.9. The number of carbonyl (C=O) groups is 1. The van der Waals surface area contributed by atoms with Gasteiger partial charge in [0.2, 0.25) is 5.88 Å². The van der Waals surface area contributed by atoms with Crippen molar-refractivity contribution in [1.29, 1.82) is 0 Å². The van der Waals surface area contributed by atoms with E-state index in [0.717, 1.165) is 6.07 Å². The van der Waals surface area contributed by atoms with Gasteiger partial charge in [-0.3, -0.25) is 4.79 Å². The number of hydrogen-bond donors (Lipinski definition) is 0. The van der Waals surface area contributed by atoms with Crippen molar-refractivity contribution in [2.75, 3.05) is 38.3 Å². The number of nitrogens with zero attached hydrogens (tertiary/aromatic N) is 3. The monoisotopic (exact) mass is 621 g/mol. The molecule has 3 rings (SSSR count). The third-order valence-electron chi connectivity index (χ3n) is 7.02. The SMILES string of the molecule is COc1nc(C(=O)N2CCN(c3ccc(Cl)cc3C(F)(F)F)CC2CO[Si](C)(C)C(C)(C)C)ccc1Br. The molecule has 0 radical (unpaired) electrons. The van der Waals surface area contributed by atoms with Gasteiger partial charge in [0.05, 0.1) is 29.8 Å². The van der Waals surface area contributed by atoms with E-state index in [4.69, 9.17) is 20.8 Å². The number of hydrogen-bond acceptors (Lipinski definition) is 5. The molecule has 1 fully saturated rings. The van der Waals surface area contributed by atoms with Gasteiger partial charge in [0.1, 0.15) is 5.69 Å². The molecule has 0 spiro atoms. The van der Waals surface area contributed by atoms with E-state index in [-0.39, 0.29) is 59.5 Å². The summed E-state index contributed by atoms with van der Waals surface area (Å²) in [5.74, 6) is -0.0593. The fourth-order valence-electron chi connectivity index (χ4n) is 3.85. The number of carbonyl (C=O) groups excluding carboxylic acids is 1. The molecule has 1 aromatic carbocycles. The largest absolute Gasteiger partial charge is 0.480 e. The molecule has 204 valence electrons. The maximum atomic E-state index is 13.9. The van der Waals surface area contributed by atoms with Gasteiger partial charge in [0.15, 0.2) is 8.32 Å². The number of benzene rings is 1. The second-order valence-corrected chi connectivity index (χ2v) is 16.6. The van der Waals surface area contributed by atoms with Crippen molar-refractivity contribution in [3.63, 3.8) is 0 Å². The highest BCUT2D eigenvalue weighted by Crippen LogP contribution is 2.40. The average molecular weight is 623 g/mol. The number of aromatic nitrogens is 1. The van der Waals surface area contributed by atoms with Gasteiger partial charge in [-0.15, -0.1) is 0 Å². The molecule has 0 saturated carbocycles. The molecule has 6 nitrogen and oxygen atoms in total. The average Bonchev–Trinajstić information content (AvgIpc) is 2.81. The Morgan fingerprint density at radius 2 is 1.86 bits per heavy atom. The fourth-order valence-corrected chi connectivity index (χ4v) is 5.45. The lowest BCUT2D eigenvalue weighted by atomic mass is 10.1. The van der Waals surface area contributed by atoms with Crippen LogP contribution in [-0.2, 0) is 10.6 Å². The van der Waals surface area contributed by atoms with E-state index >= 15 is 0 Å². The van der Waals surface area contributed by atoms with Crippen LogP contribution in [0.5, 0.6) is 5.88 Å². The molecule has 37 heavy (non-hydrogen) atoms. The minimum absolute atomic E-state index is 0.0120. The van der Waals surface area contributed by atoms with Crippen molar-refractivity contribution < 1.29 is 27.1 Å². The number of methoxy groups -OCH3 is 1. The third kappa shape index (κ3) is 6.79. The van der Waals surface area contributed by atoms with Crippen molar-refractivity contribution in [1.82, 2.24) is 9.88 Å². The fraction of sp³-hybridized carbons (Fsp3) is 0.520. The number of piperazine rings is 1. The summed E-state index contributed by atoms with van der Waals surface area (Å²) in [7, 11) is -0.741. The molecule has 1 aliphatic heterocycles. The van der Waals surface area contributed by atoms with Crippen molar-refractivity contribution in [3.05, 3.63) is 51.1 Å². The Morgan fingerprint density at radius 1 is 1.19 bits per heavy atom. The Bertz CT molecular complexity index is 1140. The number of amides is 1. The van der Waals surface area contributed by atoms with Crippen molar-refractivity contribution >= 4 is 47.4 Å². The number of rotatable bonds is 6. The van der Waals surface area contributed by atoms with Gasteiger partial charge in [-0.2, -0.15) is 13.2 Å².